The molecule has 0 aromatic carbocycles. The molecular formula is C11H13N3O2. The maximum absolute atomic E-state index is 11.1. The Morgan fingerprint density at radius 3 is 2.81 bits per heavy atom. The topological polar surface area (TPSA) is 55.3 Å². The van der Waals surface area contributed by atoms with E-state index in [1.54, 1.807) is 0 Å². The number of nitrogens with zero attached hydrogens (tertiary/aromatic N) is 3. The van der Waals surface area contributed by atoms with E-state index in [9.17, 15) is 4.79 Å². The summed E-state index contributed by atoms with van der Waals surface area (Å²) in [6.07, 6.45) is 8.70. The second-order valence-corrected chi connectivity index (χ2v) is 3.13. The minimum atomic E-state index is -0.495. The fourth-order valence-corrected chi connectivity index (χ4v) is 1.08. The number of esters is 1. The first-order valence-corrected chi connectivity index (χ1v) is 4.74. The lowest BCUT2D eigenvalue weighted by Gasteiger charge is -2.15. The van der Waals surface area contributed by atoms with Crippen molar-refractivity contribution in [1.82, 2.24) is 9.97 Å². The van der Waals surface area contributed by atoms with Gasteiger partial charge in [-0.3, -0.25) is 0 Å². The highest BCUT2D eigenvalue weighted by molar-refractivity contribution is 5.86. The Labute approximate surface area is 94.5 Å². The molecule has 1 aromatic heterocycles. The van der Waals surface area contributed by atoms with E-state index in [-0.39, 0.29) is 5.69 Å². The van der Waals surface area contributed by atoms with Crippen molar-refractivity contribution in [2.45, 2.75) is 6.42 Å². The summed E-state index contributed by atoms with van der Waals surface area (Å²) in [6, 6.07) is 0. The average molecular weight is 219 g/mol. The van der Waals surface area contributed by atoms with Gasteiger partial charge < -0.3 is 9.64 Å². The van der Waals surface area contributed by atoms with E-state index in [1.165, 1.54) is 19.5 Å². The van der Waals surface area contributed by atoms with Crippen molar-refractivity contribution >= 4 is 11.8 Å². The van der Waals surface area contributed by atoms with Crippen LogP contribution in [0.3, 0.4) is 0 Å². The number of methoxy groups -OCH3 is 1. The van der Waals surface area contributed by atoms with E-state index in [0.29, 0.717) is 18.8 Å². The number of carbonyl (C=O) groups is 1. The summed E-state index contributed by atoms with van der Waals surface area (Å²) in [5.74, 6) is 2.72. The van der Waals surface area contributed by atoms with Crippen LogP contribution in [0.1, 0.15) is 16.9 Å². The van der Waals surface area contributed by atoms with E-state index < -0.39 is 5.97 Å². The van der Waals surface area contributed by atoms with Crippen molar-refractivity contribution in [2.24, 2.45) is 0 Å². The lowest BCUT2D eigenvalue weighted by molar-refractivity contribution is 0.0593. The summed E-state index contributed by atoms with van der Waals surface area (Å²) in [7, 11) is 3.16. The molecule has 0 saturated carbocycles. The van der Waals surface area contributed by atoms with Crippen LogP contribution < -0.4 is 4.90 Å². The van der Waals surface area contributed by atoms with Crippen LogP contribution in [0.25, 0.3) is 0 Å². The third-order valence-electron chi connectivity index (χ3n) is 2.02. The number of aromatic nitrogens is 2. The summed E-state index contributed by atoms with van der Waals surface area (Å²) in [6.45, 7) is 0.697. The van der Waals surface area contributed by atoms with Crippen LogP contribution in [0.15, 0.2) is 12.4 Å². The second kappa shape index (κ2) is 5.71. The molecule has 0 fully saturated rings. The van der Waals surface area contributed by atoms with Crippen LogP contribution in [-0.2, 0) is 4.74 Å². The molecule has 84 valence electrons. The van der Waals surface area contributed by atoms with Crippen molar-refractivity contribution in [1.29, 1.82) is 0 Å². The molecule has 0 spiro atoms. The van der Waals surface area contributed by atoms with Crippen molar-refractivity contribution in [3.8, 4) is 12.3 Å². The summed E-state index contributed by atoms with van der Waals surface area (Å²) < 4.78 is 4.52. The largest absolute Gasteiger partial charge is 0.464 e. The molecule has 5 heteroatoms. The summed E-state index contributed by atoms with van der Waals surface area (Å²) in [5, 5.41) is 0. The third-order valence-corrected chi connectivity index (χ3v) is 2.02. The zero-order chi connectivity index (χ0) is 12.0. The highest BCUT2D eigenvalue weighted by atomic mass is 16.5. The number of anilines is 1. The summed E-state index contributed by atoms with van der Waals surface area (Å²) in [4.78, 5) is 21.0. The third kappa shape index (κ3) is 2.95. The maximum Gasteiger partial charge on any atom is 0.358 e. The second-order valence-electron chi connectivity index (χ2n) is 3.13. The zero-order valence-corrected chi connectivity index (χ0v) is 9.30. The fourth-order valence-electron chi connectivity index (χ4n) is 1.08. The smallest absolute Gasteiger partial charge is 0.358 e. The summed E-state index contributed by atoms with van der Waals surface area (Å²) >= 11 is 0. The van der Waals surface area contributed by atoms with E-state index in [1.807, 2.05) is 11.9 Å². The fraction of sp³-hybridized carbons (Fsp3) is 0.364. The van der Waals surface area contributed by atoms with E-state index in [2.05, 4.69) is 20.6 Å². The van der Waals surface area contributed by atoms with Gasteiger partial charge in [-0.1, -0.05) is 0 Å². The Morgan fingerprint density at radius 2 is 2.31 bits per heavy atom. The van der Waals surface area contributed by atoms with Gasteiger partial charge in [0.15, 0.2) is 5.69 Å². The van der Waals surface area contributed by atoms with Gasteiger partial charge in [0.2, 0.25) is 0 Å². The van der Waals surface area contributed by atoms with Gasteiger partial charge in [0, 0.05) is 20.0 Å². The predicted octanol–water partition coefficient (Wildman–Crippen LogP) is 0.723. The molecule has 1 aromatic rings. The molecule has 0 amide bonds. The Morgan fingerprint density at radius 1 is 1.56 bits per heavy atom. The van der Waals surface area contributed by atoms with E-state index in [0.717, 1.165) is 0 Å². The average Bonchev–Trinajstić information content (AvgIpc) is 2.35. The van der Waals surface area contributed by atoms with Gasteiger partial charge in [0.25, 0.3) is 0 Å². The first-order valence-electron chi connectivity index (χ1n) is 4.74. The van der Waals surface area contributed by atoms with Crippen LogP contribution in [0, 0.1) is 12.3 Å². The molecule has 5 nitrogen and oxygen atoms in total. The van der Waals surface area contributed by atoms with Gasteiger partial charge in [-0.15, -0.1) is 12.3 Å². The zero-order valence-electron chi connectivity index (χ0n) is 9.30. The van der Waals surface area contributed by atoms with Crippen molar-refractivity contribution in [2.75, 3.05) is 25.6 Å². The molecule has 1 heterocycles. The van der Waals surface area contributed by atoms with Gasteiger partial charge in [0.1, 0.15) is 5.82 Å². The lowest BCUT2D eigenvalue weighted by Crippen LogP contribution is -2.20. The van der Waals surface area contributed by atoms with Gasteiger partial charge in [-0.2, -0.15) is 0 Å². The van der Waals surface area contributed by atoms with Gasteiger partial charge >= 0.3 is 5.97 Å². The molecule has 0 aliphatic heterocycles. The molecule has 0 unspecified atom stereocenters. The monoisotopic (exact) mass is 219 g/mol. The Balaban J connectivity index is 2.71. The summed E-state index contributed by atoms with van der Waals surface area (Å²) in [5.41, 5.74) is 0.191. The first kappa shape index (κ1) is 12.0. The highest BCUT2D eigenvalue weighted by Crippen LogP contribution is 2.07. The van der Waals surface area contributed by atoms with Crippen LogP contribution in [0.2, 0.25) is 0 Å². The van der Waals surface area contributed by atoms with Crippen molar-refractivity contribution in [3.63, 3.8) is 0 Å². The Bertz CT molecular complexity index is 395. The Hall–Kier alpha value is -2.09. The number of rotatable bonds is 4. The molecular weight excluding hydrogens is 206 g/mol. The number of hydrogen-bond donors (Lipinski definition) is 0. The minimum Gasteiger partial charge on any atom is -0.464 e. The van der Waals surface area contributed by atoms with Crippen LogP contribution in [0.5, 0.6) is 0 Å². The molecule has 0 atom stereocenters. The van der Waals surface area contributed by atoms with Gasteiger partial charge in [0.05, 0.1) is 19.5 Å². The maximum atomic E-state index is 11.1. The van der Waals surface area contributed by atoms with Crippen molar-refractivity contribution in [3.05, 3.63) is 18.1 Å². The highest BCUT2D eigenvalue weighted by Gasteiger charge is 2.08. The molecule has 0 aliphatic rings. The number of ether oxygens (including phenoxy) is 1. The standard InChI is InChI=1S/C11H13N3O2/c1-4-5-6-14(2)10-8-12-9(7-13-10)11(15)16-3/h1,7-8H,5-6H2,2-3H3. The SMILES string of the molecule is C#CCCN(C)c1cnc(C(=O)OC)cn1. The molecule has 16 heavy (non-hydrogen) atoms. The minimum absolute atomic E-state index is 0.191. The molecule has 1 rings (SSSR count). The molecule has 0 radical (unpaired) electrons. The first-order chi connectivity index (χ1) is 7.69. The molecule has 0 saturated heterocycles. The van der Waals surface area contributed by atoms with Gasteiger partial charge in [-0.25, -0.2) is 14.8 Å². The Kier molecular flexibility index (Phi) is 4.28. The van der Waals surface area contributed by atoms with Crippen LogP contribution in [0.4, 0.5) is 5.82 Å². The quantitative estimate of drug-likeness (QED) is 0.551. The molecule has 0 N–H and O–H groups in total. The van der Waals surface area contributed by atoms with Gasteiger partial charge in [-0.05, 0) is 0 Å². The lowest BCUT2D eigenvalue weighted by atomic mass is 10.4. The number of terminal acetylenes is 1. The van der Waals surface area contributed by atoms with Crippen molar-refractivity contribution < 1.29 is 9.53 Å². The van der Waals surface area contributed by atoms with E-state index in [4.69, 9.17) is 6.42 Å². The van der Waals surface area contributed by atoms with Crippen LogP contribution >= 0.6 is 0 Å². The molecule has 0 bridgehead atoms. The predicted molar refractivity (Wildman–Crippen MR) is 60.1 cm³/mol. The number of carbonyl (C=O) groups excluding carboxylic acids is 1. The number of hydrogen-bond acceptors (Lipinski definition) is 5. The van der Waals surface area contributed by atoms with Crippen LogP contribution in [-0.4, -0.2) is 36.6 Å². The normalized spacial score (nSPS) is 9.31. The van der Waals surface area contributed by atoms with E-state index >= 15 is 0 Å². The molecule has 0 aliphatic carbocycles.